The monoisotopic (exact) mass is 497 g/mol. The molecule has 1 aromatic heterocycles. The summed E-state index contributed by atoms with van der Waals surface area (Å²) >= 11 is 0. The van der Waals surface area contributed by atoms with Crippen LogP contribution in [0, 0.1) is 11.7 Å². The van der Waals surface area contributed by atoms with Crippen molar-refractivity contribution in [2.75, 3.05) is 29.9 Å². The molecule has 0 spiro atoms. The fourth-order valence-corrected chi connectivity index (χ4v) is 4.37. The Balaban J connectivity index is 1.47. The van der Waals surface area contributed by atoms with Crippen LogP contribution in [0.5, 0.6) is 0 Å². The van der Waals surface area contributed by atoms with Crippen molar-refractivity contribution >= 4 is 17.7 Å². The fourth-order valence-electron chi connectivity index (χ4n) is 4.37. The molecule has 2 aliphatic rings. The summed E-state index contributed by atoms with van der Waals surface area (Å²) < 4.78 is 54.0. The first-order valence-corrected chi connectivity index (χ1v) is 11.3. The van der Waals surface area contributed by atoms with Gasteiger partial charge in [0.1, 0.15) is 6.33 Å². The van der Waals surface area contributed by atoms with Crippen molar-refractivity contribution in [3.8, 4) is 0 Å². The molecule has 2 fully saturated rings. The number of nitrogens with one attached hydrogen (secondary N) is 1. The normalized spacial score (nSPS) is 22.7. The third-order valence-electron chi connectivity index (χ3n) is 6.59. The Bertz CT molecular complexity index is 1060. The van der Waals surface area contributed by atoms with Crippen LogP contribution in [0.2, 0.25) is 0 Å². The van der Waals surface area contributed by atoms with Gasteiger partial charge in [-0.15, -0.1) is 0 Å². The number of β-amino-alcohol motifs (C(OH)–C–C–N with tert-alkyl or cyclic N) is 1. The second-order valence-electron chi connectivity index (χ2n) is 9.34. The van der Waals surface area contributed by atoms with Gasteiger partial charge in [-0.25, -0.2) is 14.8 Å². The number of aliphatic hydroxyl groups is 1. The van der Waals surface area contributed by atoms with Gasteiger partial charge in [0.15, 0.2) is 11.6 Å². The fraction of sp³-hybridized carbons (Fsp3) is 0.522. The number of hydrogen-bond donors (Lipinski definition) is 3. The van der Waals surface area contributed by atoms with Crippen LogP contribution in [0.25, 0.3) is 0 Å². The van der Waals surface area contributed by atoms with E-state index in [0.29, 0.717) is 12.0 Å². The summed E-state index contributed by atoms with van der Waals surface area (Å²) in [5.74, 6) is -1.02. The molecule has 1 aliphatic heterocycles. The number of alkyl halides is 3. The molecule has 2 heterocycles. The molecule has 0 radical (unpaired) electrons. The molecule has 8 nitrogen and oxygen atoms in total. The summed E-state index contributed by atoms with van der Waals surface area (Å²) in [6, 6.07) is 4.79. The topological polar surface area (TPSA) is 102 Å². The third-order valence-corrected chi connectivity index (χ3v) is 6.59. The van der Waals surface area contributed by atoms with Gasteiger partial charge in [-0.3, -0.25) is 0 Å². The van der Waals surface area contributed by atoms with Crippen LogP contribution in [0.4, 0.5) is 34.0 Å². The van der Waals surface area contributed by atoms with E-state index in [-0.39, 0.29) is 49.8 Å². The van der Waals surface area contributed by atoms with E-state index in [1.165, 1.54) is 18.5 Å². The lowest BCUT2D eigenvalue weighted by Crippen LogP contribution is -2.55. The summed E-state index contributed by atoms with van der Waals surface area (Å²) in [6.07, 6.45) is -2.28. The maximum Gasteiger partial charge on any atom is 0.416 e. The standard InChI is InChI=1S/C23H27F4N5O3/c1-22(35)12-31(21(33)34)9-8-16(22)10-28-19-18(24)20(30-13-29-19)32(17-6-7-17)11-14-2-4-15(5-3-14)23(25,26)27/h2-5,13,16-17,35H,6-12H2,1H3,(H,33,34)(H,28,29,30). The number of rotatable bonds is 7. The average molecular weight is 497 g/mol. The number of benzene rings is 1. The van der Waals surface area contributed by atoms with Crippen molar-refractivity contribution in [1.82, 2.24) is 14.9 Å². The van der Waals surface area contributed by atoms with Gasteiger partial charge in [0.25, 0.3) is 0 Å². The van der Waals surface area contributed by atoms with Crippen molar-refractivity contribution in [3.05, 3.63) is 47.5 Å². The zero-order chi connectivity index (χ0) is 25.4. The van der Waals surface area contributed by atoms with Crippen molar-refractivity contribution < 1.29 is 32.6 Å². The molecular weight excluding hydrogens is 470 g/mol. The predicted octanol–water partition coefficient (Wildman–Crippen LogP) is 3.97. The Morgan fingerprint density at radius 1 is 1.23 bits per heavy atom. The molecule has 12 heteroatoms. The molecule has 1 saturated carbocycles. The predicted molar refractivity (Wildman–Crippen MR) is 119 cm³/mol. The quantitative estimate of drug-likeness (QED) is 0.498. The van der Waals surface area contributed by atoms with Crippen LogP contribution < -0.4 is 10.2 Å². The number of carbonyl (C=O) groups is 1. The Kier molecular flexibility index (Phi) is 6.76. The van der Waals surface area contributed by atoms with Crippen LogP contribution >= 0.6 is 0 Å². The molecule has 2 aromatic rings. The second-order valence-corrected chi connectivity index (χ2v) is 9.34. The van der Waals surface area contributed by atoms with Crippen LogP contribution in [0.1, 0.15) is 37.3 Å². The van der Waals surface area contributed by atoms with E-state index in [1.54, 1.807) is 11.8 Å². The lowest BCUT2D eigenvalue weighted by molar-refractivity contribution is -0.137. The van der Waals surface area contributed by atoms with Crippen molar-refractivity contribution in [3.63, 3.8) is 0 Å². The van der Waals surface area contributed by atoms with Crippen molar-refractivity contribution in [2.45, 2.75) is 50.6 Å². The zero-order valence-electron chi connectivity index (χ0n) is 19.1. The average Bonchev–Trinajstić information content (AvgIpc) is 3.62. The highest BCUT2D eigenvalue weighted by Gasteiger charge is 2.40. The Hall–Kier alpha value is -3.15. The highest BCUT2D eigenvalue weighted by atomic mass is 19.4. The van der Waals surface area contributed by atoms with E-state index in [1.807, 2.05) is 0 Å². The van der Waals surface area contributed by atoms with E-state index < -0.39 is 29.3 Å². The van der Waals surface area contributed by atoms with Crippen LogP contribution in [0.3, 0.4) is 0 Å². The highest BCUT2D eigenvalue weighted by Crippen LogP contribution is 2.36. The molecule has 1 amide bonds. The van der Waals surface area contributed by atoms with Crippen LogP contribution in [-0.4, -0.2) is 62.5 Å². The Morgan fingerprint density at radius 2 is 1.91 bits per heavy atom. The number of aromatic nitrogens is 2. The van der Waals surface area contributed by atoms with E-state index in [2.05, 4.69) is 15.3 Å². The summed E-state index contributed by atoms with van der Waals surface area (Å²) in [4.78, 5) is 22.2. The minimum atomic E-state index is -4.43. The van der Waals surface area contributed by atoms with Crippen LogP contribution in [0.15, 0.2) is 30.6 Å². The molecule has 2 unspecified atom stereocenters. The van der Waals surface area contributed by atoms with Crippen molar-refractivity contribution in [2.24, 2.45) is 5.92 Å². The largest absolute Gasteiger partial charge is 0.465 e. The molecule has 35 heavy (non-hydrogen) atoms. The van der Waals surface area contributed by atoms with E-state index in [4.69, 9.17) is 5.11 Å². The number of carboxylic acid groups (broad SMARTS) is 1. The SMILES string of the molecule is CC1(O)CN(C(=O)O)CCC1CNc1ncnc(N(Cc2ccc(C(F)(F)F)cc2)C2CC2)c1F. The minimum Gasteiger partial charge on any atom is -0.465 e. The first-order valence-electron chi connectivity index (χ1n) is 11.3. The van der Waals surface area contributed by atoms with E-state index in [0.717, 1.165) is 29.9 Å². The molecule has 4 rings (SSSR count). The van der Waals surface area contributed by atoms with Gasteiger partial charge >= 0.3 is 12.3 Å². The van der Waals surface area contributed by atoms with Crippen molar-refractivity contribution in [1.29, 1.82) is 0 Å². The van der Waals surface area contributed by atoms with Gasteiger partial charge in [0.05, 0.1) is 17.7 Å². The first kappa shape index (κ1) is 25.0. The van der Waals surface area contributed by atoms with Gasteiger partial charge in [-0.2, -0.15) is 17.6 Å². The van der Waals surface area contributed by atoms with Gasteiger partial charge in [0.2, 0.25) is 5.82 Å². The molecule has 2 atom stereocenters. The van der Waals surface area contributed by atoms with Gasteiger partial charge in [0, 0.05) is 31.6 Å². The maximum absolute atomic E-state index is 15.4. The Morgan fingerprint density at radius 3 is 2.49 bits per heavy atom. The molecule has 1 aliphatic carbocycles. The molecule has 1 saturated heterocycles. The highest BCUT2D eigenvalue weighted by molar-refractivity contribution is 5.65. The third kappa shape index (κ3) is 5.75. The molecule has 0 bridgehead atoms. The molecule has 3 N–H and O–H groups in total. The number of hydrogen-bond acceptors (Lipinski definition) is 6. The number of piperidine rings is 1. The smallest absolute Gasteiger partial charge is 0.416 e. The van der Waals surface area contributed by atoms with Gasteiger partial charge in [-0.05, 0) is 43.9 Å². The van der Waals surface area contributed by atoms with Gasteiger partial charge in [-0.1, -0.05) is 12.1 Å². The number of likely N-dealkylation sites (tertiary alicyclic amines) is 1. The summed E-state index contributed by atoms with van der Waals surface area (Å²) in [5, 5.41) is 22.8. The molecule has 190 valence electrons. The maximum atomic E-state index is 15.4. The molecular formula is C23H27F4N5O3. The number of anilines is 2. The van der Waals surface area contributed by atoms with Gasteiger partial charge < -0.3 is 25.3 Å². The Labute approximate surface area is 199 Å². The second kappa shape index (κ2) is 9.48. The number of nitrogens with zero attached hydrogens (tertiary/aromatic N) is 4. The summed E-state index contributed by atoms with van der Waals surface area (Å²) in [5.41, 5.74) is -1.44. The lowest BCUT2D eigenvalue weighted by atomic mass is 9.82. The van der Waals surface area contributed by atoms with Crippen LogP contribution in [-0.2, 0) is 12.7 Å². The summed E-state index contributed by atoms with van der Waals surface area (Å²) in [7, 11) is 0. The number of halogens is 4. The summed E-state index contributed by atoms with van der Waals surface area (Å²) in [6.45, 7) is 2.14. The minimum absolute atomic E-state index is 0.0237. The van der Waals surface area contributed by atoms with E-state index in [9.17, 15) is 23.1 Å². The van der Waals surface area contributed by atoms with E-state index >= 15 is 4.39 Å². The zero-order valence-corrected chi connectivity index (χ0v) is 19.1. The number of amides is 1. The lowest BCUT2D eigenvalue weighted by Gasteiger charge is -2.42. The molecule has 1 aromatic carbocycles. The first-order chi connectivity index (χ1) is 16.5.